The highest BCUT2D eigenvalue weighted by Crippen LogP contribution is 2.20. The lowest BCUT2D eigenvalue weighted by molar-refractivity contribution is 0.0646. The van der Waals surface area contributed by atoms with E-state index in [1.54, 1.807) is 19.2 Å². The minimum atomic E-state index is -0.983. The minimum Gasteiger partial charge on any atom is -0.490 e. The Morgan fingerprint density at radius 2 is 2.19 bits per heavy atom. The molecule has 1 aromatic rings. The molecular weight excluding hydrogens is 208 g/mol. The summed E-state index contributed by atoms with van der Waals surface area (Å²) >= 11 is 0. The number of ether oxygens (including phenoxy) is 2. The molecule has 0 aromatic heterocycles. The summed E-state index contributed by atoms with van der Waals surface area (Å²) in [5, 5.41) is 9.00. The maximum atomic E-state index is 11.0. The van der Waals surface area contributed by atoms with E-state index in [2.05, 4.69) is 0 Å². The number of rotatable bonds is 5. The van der Waals surface area contributed by atoms with Crippen molar-refractivity contribution in [1.82, 2.24) is 0 Å². The Bertz CT molecular complexity index is 373. The number of carbonyl (C=O) groups is 1. The van der Waals surface area contributed by atoms with Gasteiger partial charge in [0, 0.05) is 7.11 Å². The highest BCUT2D eigenvalue weighted by molar-refractivity contribution is 5.91. The summed E-state index contributed by atoms with van der Waals surface area (Å²) in [6, 6.07) is 5.08. The van der Waals surface area contributed by atoms with Gasteiger partial charge in [0.2, 0.25) is 0 Å². The first-order valence-electron chi connectivity index (χ1n) is 5.04. The number of aryl methyl sites for hydroxylation is 1. The molecule has 4 nitrogen and oxygen atoms in total. The van der Waals surface area contributed by atoms with Crippen LogP contribution >= 0.6 is 0 Å². The summed E-state index contributed by atoms with van der Waals surface area (Å²) < 4.78 is 10.4. The average Bonchev–Trinajstić information content (AvgIpc) is 2.26. The third-order valence-corrected chi connectivity index (χ3v) is 2.24. The van der Waals surface area contributed by atoms with Gasteiger partial charge in [-0.25, -0.2) is 4.79 Å². The number of carboxylic acids is 1. The van der Waals surface area contributed by atoms with Crippen LogP contribution in [0.15, 0.2) is 18.2 Å². The Kier molecular flexibility index (Phi) is 4.31. The Morgan fingerprint density at radius 1 is 1.50 bits per heavy atom. The molecule has 0 saturated carbocycles. The third kappa shape index (κ3) is 3.24. The molecule has 16 heavy (non-hydrogen) atoms. The Morgan fingerprint density at radius 3 is 2.75 bits per heavy atom. The summed E-state index contributed by atoms with van der Waals surface area (Å²) in [4.78, 5) is 11.0. The fourth-order valence-corrected chi connectivity index (χ4v) is 1.21. The molecule has 0 spiro atoms. The van der Waals surface area contributed by atoms with Gasteiger partial charge in [-0.15, -0.1) is 0 Å². The van der Waals surface area contributed by atoms with Gasteiger partial charge in [-0.2, -0.15) is 0 Å². The van der Waals surface area contributed by atoms with Crippen LogP contribution in [0.1, 0.15) is 22.8 Å². The van der Waals surface area contributed by atoms with Crippen molar-refractivity contribution < 1.29 is 19.4 Å². The number of carboxylic acid groups (broad SMARTS) is 1. The van der Waals surface area contributed by atoms with E-state index in [1.807, 2.05) is 19.9 Å². The van der Waals surface area contributed by atoms with E-state index in [-0.39, 0.29) is 11.7 Å². The monoisotopic (exact) mass is 224 g/mol. The van der Waals surface area contributed by atoms with Crippen LogP contribution in [-0.4, -0.2) is 30.9 Å². The lowest BCUT2D eigenvalue weighted by atomic mass is 10.1. The Hall–Kier alpha value is -1.55. The van der Waals surface area contributed by atoms with Crippen LogP contribution in [0.25, 0.3) is 0 Å². The van der Waals surface area contributed by atoms with E-state index in [0.29, 0.717) is 12.4 Å². The maximum absolute atomic E-state index is 11.0. The largest absolute Gasteiger partial charge is 0.490 e. The smallest absolute Gasteiger partial charge is 0.339 e. The van der Waals surface area contributed by atoms with Gasteiger partial charge in [0.25, 0.3) is 0 Å². The first-order valence-corrected chi connectivity index (χ1v) is 5.04. The van der Waals surface area contributed by atoms with Gasteiger partial charge < -0.3 is 14.6 Å². The molecule has 0 heterocycles. The lowest BCUT2D eigenvalue weighted by Gasteiger charge is -2.13. The molecule has 1 rings (SSSR count). The maximum Gasteiger partial charge on any atom is 0.339 e. The topological polar surface area (TPSA) is 55.8 Å². The van der Waals surface area contributed by atoms with Crippen LogP contribution in [0.2, 0.25) is 0 Å². The third-order valence-electron chi connectivity index (χ3n) is 2.24. The molecule has 0 aliphatic rings. The highest BCUT2D eigenvalue weighted by Gasteiger charge is 2.12. The summed E-state index contributed by atoms with van der Waals surface area (Å²) in [6.07, 6.45) is -0.0667. The molecule has 0 radical (unpaired) electrons. The molecule has 88 valence electrons. The van der Waals surface area contributed by atoms with E-state index in [9.17, 15) is 4.79 Å². The van der Waals surface area contributed by atoms with E-state index < -0.39 is 5.97 Å². The zero-order valence-electron chi connectivity index (χ0n) is 9.69. The number of hydrogen-bond donors (Lipinski definition) is 1. The minimum absolute atomic E-state index is 0.0667. The average molecular weight is 224 g/mol. The highest BCUT2D eigenvalue weighted by atomic mass is 16.5. The quantitative estimate of drug-likeness (QED) is 0.832. The molecule has 0 amide bonds. The zero-order chi connectivity index (χ0) is 12.1. The summed E-state index contributed by atoms with van der Waals surface area (Å²) in [5.74, 6) is -0.606. The van der Waals surface area contributed by atoms with Gasteiger partial charge in [-0.05, 0) is 26.0 Å². The van der Waals surface area contributed by atoms with Crippen molar-refractivity contribution >= 4 is 5.97 Å². The van der Waals surface area contributed by atoms with Crippen LogP contribution in [0.5, 0.6) is 5.75 Å². The van der Waals surface area contributed by atoms with Gasteiger partial charge in [0.05, 0.1) is 6.10 Å². The van der Waals surface area contributed by atoms with Gasteiger partial charge in [0.1, 0.15) is 17.9 Å². The Balaban J connectivity index is 2.82. The molecule has 0 bridgehead atoms. The SMILES string of the molecule is COC(C)COc1ccc(C)cc1C(=O)O. The van der Waals surface area contributed by atoms with Crippen molar-refractivity contribution in [3.63, 3.8) is 0 Å². The molecule has 1 unspecified atom stereocenters. The number of hydrogen-bond acceptors (Lipinski definition) is 3. The van der Waals surface area contributed by atoms with Crippen LogP contribution in [-0.2, 0) is 4.74 Å². The molecule has 0 aliphatic heterocycles. The first kappa shape index (κ1) is 12.5. The van der Waals surface area contributed by atoms with Crippen molar-refractivity contribution in [2.45, 2.75) is 20.0 Å². The second-order valence-corrected chi connectivity index (χ2v) is 3.66. The van der Waals surface area contributed by atoms with Crippen molar-refractivity contribution in [3.05, 3.63) is 29.3 Å². The molecule has 1 N–H and O–H groups in total. The zero-order valence-corrected chi connectivity index (χ0v) is 9.69. The van der Waals surface area contributed by atoms with Crippen molar-refractivity contribution in [1.29, 1.82) is 0 Å². The van der Waals surface area contributed by atoms with Crippen LogP contribution < -0.4 is 4.74 Å². The normalized spacial score (nSPS) is 12.2. The van der Waals surface area contributed by atoms with Gasteiger partial charge in [0.15, 0.2) is 0 Å². The van der Waals surface area contributed by atoms with Crippen LogP contribution in [0, 0.1) is 6.92 Å². The van der Waals surface area contributed by atoms with Gasteiger partial charge in [-0.1, -0.05) is 11.6 Å². The molecule has 1 atom stereocenters. The molecule has 0 aliphatic carbocycles. The molecule has 1 aromatic carbocycles. The Labute approximate surface area is 94.8 Å². The molecule has 0 fully saturated rings. The van der Waals surface area contributed by atoms with E-state index in [1.165, 1.54) is 0 Å². The predicted octanol–water partition coefficient (Wildman–Crippen LogP) is 2.11. The fraction of sp³-hybridized carbons (Fsp3) is 0.417. The molecule has 0 saturated heterocycles. The molecular formula is C12H16O4. The summed E-state index contributed by atoms with van der Waals surface area (Å²) in [5.41, 5.74) is 1.08. The number of methoxy groups -OCH3 is 1. The second kappa shape index (κ2) is 5.51. The first-order chi connectivity index (χ1) is 7.54. The standard InChI is InChI=1S/C12H16O4/c1-8-4-5-11(10(6-8)12(13)14)16-7-9(2)15-3/h4-6,9H,7H2,1-3H3,(H,13,14). The second-order valence-electron chi connectivity index (χ2n) is 3.66. The van der Waals surface area contributed by atoms with E-state index >= 15 is 0 Å². The van der Waals surface area contributed by atoms with Crippen LogP contribution in [0.4, 0.5) is 0 Å². The number of aromatic carboxylic acids is 1. The number of benzene rings is 1. The van der Waals surface area contributed by atoms with E-state index in [0.717, 1.165) is 5.56 Å². The van der Waals surface area contributed by atoms with Crippen molar-refractivity contribution in [2.24, 2.45) is 0 Å². The fourth-order valence-electron chi connectivity index (χ4n) is 1.21. The van der Waals surface area contributed by atoms with Gasteiger partial charge in [-0.3, -0.25) is 0 Å². The predicted molar refractivity (Wildman–Crippen MR) is 60.1 cm³/mol. The van der Waals surface area contributed by atoms with Crippen molar-refractivity contribution in [2.75, 3.05) is 13.7 Å². The van der Waals surface area contributed by atoms with E-state index in [4.69, 9.17) is 14.6 Å². The summed E-state index contributed by atoms with van der Waals surface area (Å²) in [7, 11) is 1.58. The van der Waals surface area contributed by atoms with Crippen molar-refractivity contribution in [3.8, 4) is 5.75 Å². The van der Waals surface area contributed by atoms with Gasteiger partial charge >= 0.3 is 5.97 Å². The lowest BCUT2D eigenvalue weighted by Crippen LogP contribution is -2.17. The molecule has 4 heteroatoms. The summed E-state index contributed by atoms with van der Waals surface area (Å²) in [6.45, 7) is 4.03. The van der Waals surface area contributed by atoms with Crippen LogP contribution in [0.3, 0.4) is 0 Å².